The van der Waals surface area contributed by atoms with Crippen LogP contribution in [0, 0.1) is 6.92 Å². The smallest absolute Gasteiger partial charge is 0.268 e. The lowest BCUT2D eigenvalue weighted by Crippen LogP contribution is -2.32. The number of aromatic nitrogens is 4. The van der Waals surface area contributed by atoms with Crippen LogP contribution < -0.4 is 5.56 Å². The molecule has 2 aromatic carbocycles. The highest BCUT2D eigenvalue weighted by molar-refractivity contribution is 7.98. The van der Waals surface area contributed by atoms with E-state index in [9.17, 15) is 4.79 Å². The molecule has 0 fully saturated rings. The Morgan fingerprint density at radius 2 is 1.97 bits per heavy atom. The fourth-order valence-corrected chi connectivity index (χ4v) is 7.05. The molecule has 0 amide bonds. The highest BCUT2D eigenvalue weighted by Gasteiger charge is 2.32. The number of thiophene rings is 1. The second-order valence-corrected chi connectivity index (χ2v) is 12.4. The van der Waals surface area contributed by atoms with Crippen LogP contribution in [0.2, 0.25) is 10.0 Å². The normalized spacial score (nSPS) is 15.0. The third kappa shape index (κ3) is 4.05. The number of fused-ring (bicyclic) bond motifs is 5. The molecule has 184 valence electrons. The van der Waals surface area contributed by atoms with Gasteiger partial charge in [-0.3, -0.25) is 4.79 Å². The largest absolute Gasteiger partial charge is 0.370 e. The Morgan fingerprint density at radius 1 is 1.14 bits per heavy atom. The Kier molecular flexibility index (Phi) is 5.92. The minimum atomic E-state index is -0.338. The van der Waals surface area contributed by atoms with E-state index in [2.05, 4.69) is 24.0 Å². The van der Waals surface area contributed by atoms with Crippen LogP contribution in [0.25, 0.3) is 21.7 Å². The molecule has 0 saturated carbocycles. The molecule has 0 spiro atoms. The second kappa shape index (κ2) is 8.89. The standard InChI is InChI=1S/C26H22Cl2N4O2S2/c1-14-5-4-6-16(9-14)31-22(33)21-17-11-26(2,3)34-12-20(17)36-23(21)32-24(31)29-30-25(32)35-13-15-7-8-18(27)19(28)10-15/h4-10H,11-13H2,1-3H3. The lowest BCUT2D eigenvalue weighted by molar-refractivity contribution is -0.0379. The van der Waals surface area contributed by atoms with Gasteiger partial charge >= 0.3 is 0 Å². The van der Waals surface area contributed by atoms with Gasteiger partial charge in [-0.05, 0) is 61.7 Å². The van der Waals surface area contributed by atoms with E-state index in [4.69, 9.17) is 27.9 Å². The summed E-state index contributed by atoms with van der Waals surface area (Å²) < 4.78 is 9.77. The van der Waals surface area contributed by atoms with Crippen LogP contribution >= 0.6 is 46.3 Å². The van der Waals surface area contributed by atoms with E-state index in [0.29, 0.717) is 39.8 Å². The molecule has 0 N–H and O–H groups in total. The molecule has 5 aromatic rings. The number of nitrogens with zero attached hydrogens (tertiary/aromatic N) is 4. The lowest BCUT2D eigenvalue weighted by atomic mass is 9.94. The highest BCUT2D eigenvalue weighted by Crippen LogP contribution is 2.39. The third-order valence-corrected chi connectivity index (χ3v) is 9.25. The molecule has 0 bridgehead atoms. The van der Waals surface area contributed by atoms with Crippen molar-refractivity contribution in [3.05, 3.63) is 84.4 Å². The Hall–Kier alpha value is -2.36. The zero-order valence-corrected chi connectivity index (χ0v) is 23.0. The molecule has 0 aliphatic carbocycles. The Morgan fingerprint density at radius 3 is 2.75 bits per heavy atom. The van der Waals surface area contributed by atoms with Crippen LogP contribution in [0.4, 0.5) is 0 Å². The first kappa shape index (κ1) is 24.0. The maximum Gasteiger partial charge on any atom is 0.268 e. The van der Waals surface area contributed by atoms with E-state index in [1.807, 2.05) is 47.7 Å². The third-order valence-electron chi connectivity index (χ3n) is 6.32. The average Bonchev–Trinajstić information content (AvgIpc) is 3.41. The van der Waals surface area contributed by atoms with Gasteiger partial charge in [0.1, 0.15) is 4.83 Å². The fourth-order valence-electron chi connectivity index (χ4n) is 4.58. The van der Waals surface area contributed by atoms with Gasteiger partial charge < -0.3 is 4.74 Å². The van der Waals surface area contributed by atoms with Gasteiger partial charge in [-0.15, -0.1) is 21.5 Å². The van der Waals surface area contributed by atoms with Gasteiger partial charge in [0, 0.05) is 17.1 Å². The summed E-state index contributed by atoms with van der Waals surface area (Å²) in [4.78, 5) is 16.0. The predicted molar refractivity (Wildman–Crippen MR) is 147 cm³/mol. The van der Waals surface area contributed by atoms with Crippen molar-refractivity contribution in [2.45, 2.75) is 50.3 Å². The second-order valence-electron chi connectivity index (χ2n) is 9.54. The van der Waals surface area contributed by atoms with E-state index in [1.54, 1.807) is 33.7 Å². The van der Waals surface area contributed by atoms with Crippen LogP contribution in [0.15, 0.2) is 52.4 Å². The zero-order chi connectivity index (χ0) is 25.2. The van der Waals surface area contributed by atoms with Crippen LogP contribution in [0.3, 0.4) is 0 Å². The Bertz CT molecular complexity index is 1720. The minimum Gasteiger partial charge on any atom is -0.370 e. The maximum absolute atomic E-state index is 14.1. The first-order valence-electron chi connectivity index (χ1n) is 11.4. The van der Waals surface area contributed by atoms with Crippen molar-refractivity contribution in [3.63, 3.8) is 0 Å². The summed E-state index contributed by atoms with van der Waals surface area (Å²) in [6.45, 7) is 6.63. The van der Waals surface area contributed by atoms with Crippen molar-refractivity contribution in [2.75, 3.05) is 0 Å². The van der Waals surface area contributed by atoms with E-state index in [-0.39, 0.29) is 11.2 Å². The number of aryl methyl sites for hydroxylation is 1. The number of benzene rings is 2. The molecule has 10 heteroatoms. The van der Waals surface area contributed by atoms with Crippen molar-refractivity contribution < 1.29 is 4.74 Å². The topological polar surface area (TPSA) is 61.4 Å². The fraction of sp³-hybridized carbons (Fsp3) is 0.269. The number of hydrogen-bond donors (Lipinski definition) is 0. The summed E-state index contributed by atoms with van der Waals surface area (Å²) in [5, 5.41) is 11.5. The van der Waals surface area contributed by atoms with Crippen molar-refractivity contribution in [1.82, 2.24) is 19.2 Å². The molecule has 6 rings (SSSR count). The SMILES string of the molecule is Cc1cccc(-n2c(=O)c3c4c(sc3n3c(SCc5ccc(Cl)c(Cl)c5)nnc23)COC(C)(C)C4)c1. The quantitative estimate of drug-likeness (QED) is 0.226. The number of ether oxygens (including phenoxy) is 1. The number of hydrogen-bond acceptors (Lipinski definition) is 6. The molecular formula is C26H22Cl2N4O2S2. The molecular weight excluding hydrogens is 535 g/mol. The van der Waals surface area contributed by atoms with Gasteiger partial charge in [-0.1, -0.05) is 53.2 Å². The van der Waals surface area contributed by atoms with Gasteiger partial charge in [0.15, 0.2) is 5.16 Å². The molecule has 6 nitrogen and oxygen atoms in total. The lowest BCUT2D eigenvalue weighted by Gasteiger charge is -2.29. The zero-order valence-electron chi connectivity index (χ0n) is 19.8. The summed E-state index contributed by atoms with van der Waals surface area (Å²) in [6, 6.07) is 13.5. The van der Waals surface area contributed by atoms with Gasteiger partial charge in [0.2, 0.25) is 5.78 Å². The summed E-state index contributed by atoms with van der Waals surface area (Å²) >= 11 is 15.4. The molecule has 0 saturated heterocycles. The van der Waals surface area contributed by atoms with Gasteiger partial charge in [-0.2, -0.15) is 0 Å². The molecule has 4 heterocycles. The first-order valence-corrected chi connectivity index (χ1v) is 14.0. The van der Waals surface area contributed by atoms with E-state index in [0.717, 1.165) is 37.5 Å². The van der Waals surface area contributed by atoms with E-state index >= 15 is 0 Å². The molecule has 0 unspecified atom stereocenters. The van der Waals surface area contributed by atoms with Gasteiger partial charge in [0.25, 0.3) is 5.56 Å². The van der Waals surface area contributed by atoms with Crippen molar-refractivity contribution >= 4 is 62.3 Å². The average molecular weight is 558 g/mol. The summed E-state index contributed by atoms with van der Waals surface area (Å²) in [6.07, 6.45) is 0.671. The molecule has 1 aliphatic rings. The molecule has 0 atom stereocenters. The summed E-state index contributed by atoms with van der Waals surface area (Å²) in [5.41, 5.74) is 3.50. The molecule has 3 aromatic heterocycles. The summed E-state index contributed by atoms with van der Waals surface area (Å²) in [5.74, 6) is 1.12. The Labute approximate surface area is 225 Å². The Balaban J connectivity index is 1.58. The highest BCUT2D eigenvalue weighted by atomic mass is 35.5. The van der Waals surface area contributed by atoms with Crippen LogP contribution in [-0.4, -0.2) is 24.8 Å². The van der Waals surface area contributed by atoms with Gasteiger partial charge in [-0.25, -0.2) is 8.97 Å². The van der Waals surface area contributed by atoms with Crippen LogP contribution in [0.1, 0.15) is 35.4 Å². The van der Waals surface area contributed by atoms with E-state index in [1.165, 1.54) is 0 Å². The number of halogens is 2. The first-order chi connectivity index (χ1) is 17.2. The summed E-state index contributed by atoms with van der Waals surface area (Å²) in [7, 11) is 0. The number of thioether (sulfide) groups is 1. The molecule has 0 radical (unpaired) electrons. The number of rotatable bonds is 4. The van der Waals surface area contributed by atoms with Crippen LogP contribution in [-0.2, 0) is 23.5 Å². The monoisotopic (exact) mass is 556 g/mol. The van der Waals surface area contributed by atoms with Crippen LogP contribution in [0.5, 0.6) is 0 Å². The molecule has 1 aliphatic heterocycles. The molecule has 36 heavy (non-hydrogen) atoms. The van der Waals surface area contributed by atoms with Crippen molar-refractivity contribution in [2.24, 2.45) is 0 Å². The van der Waals surface area contributed by atoms with Crippen molar-refractivity contribution in [1.29, 1.82) is 0 Å². The predicted octanol–water partition coefficient (Wildman–Crippen LogP) is 6.85. The van der Waals surface area contributed by atoms with E-state index < -0.39 is 0 Å². The van der Waals surface area contributed by atoms with Crippen molar-refractivity contribution in [3.8, 4) is 5.69 Å². The maximum atomic E-state index is 14.1. The van der Waals surface area contributed by atoms with Gasteiger partial charge in [0.05, 0.1) is 33.3 Å². The minimum absolute atomic E-state index is 0.0771.